The van der Waals surface area contributed by atoms with Crippen molar-refractivity contribution in [1.82, 2.24) is 0 Å². The van der Waals surface area contributed by atoms with Crippen LogP contribution >= 0.6 is 0 Å². The minimum atomic E-state index is -0.0972. The number of hydrogen-bond acceptors (Lipinski definition) is 1. The SMILES string of the molecule is CC(C)(C#N)CC1C2CC3CC(C2)CC1C3. The van der Waals surface area contributed by atoms with E-state index >= 15 is 0 Å². The second-order valence-corrected chi connectivity index (χ2v) is 7.29. The van der Waals surface area contributed by atoms with Crippen LogP contribution in [0, 0.1) is 46.3 Å². The highest BCUT2D eigenvalue weighted by molar-refractivity contribution is 5.02. The van der Waals surface area contributed by atoms with Crippen LogP contribution < -0.4 is 0 Å². The number of hydrogen-bond donors (Lipinski definition) is 0. The van der Waals surface area contributed by atoms with E-state index in [2.05, 4.69) is 19.9 Å². The third-order valence-corrected chi connectivity index (χ3v) is 5.47. The number of nitrogens with zero attached hydrogens (tertiary/aromatic N) is 1. The molecule has 0 unspecified atom stereocenters. The molecule has 1 heteroatoms. The molecule has 0 radical (unpaired) electrons. The summed E-state index contributed by atoms with van der Waals surface area (Å²) < 4.78 is 0. The molecule has 4 aliphatic rings. The fourth-order valence-corrected chi connectivity index (χ4v) is 5.01. The van der Waals surface area contributed by atoms with E-state index in [1.165, 1.54) is 32.1 Å². The second kappa shape index (κ2) is 3.49. The average molecular weight is 217 g/mol. The summed E-state index contributed by atoms with van der Waals surface area (Å²) in [5.74, 6) is 4.95. The maximum Gasteiger partial charge on any atom is 0.0684 e. The van der Waals surface area contributed by atoms with Crippen molar-refractivity contribution in [2.75, 3.05) is 0 Å². The van der Waals surface area contributed by atoms with Crippen LogP contribution in [0.4, 0.5) is 0 Å². The lowest BCUT2D eigenvalue weighted by molar-refractivity contribution is -0.0482. The van der Waals surface area contributed by atoms with Gasteiger partial charge < -0.3 is 0 Å². The zero-order chi connectivity index (χ0) is 11.3. The lowest BCUT2D eigenvalue weighted by Gasteiger charge is -2.55. The second-order valence-electron chi connectivity index (χ2n) is 7.29. The van der Waals surface area contributed by atoms with Gasteiger partial charge in [0.25, 0.3) is 0 Å². The van der Waals surface area contributed by atoms with Gasteiger partial charge in [0.05, 0.1) is 11.5 Å². The normalized spacial score (nSPS) is 45.7. The fraction of sp³-hybridized carbons (Fsp3) is 0.933. The zero-order valence-corrected chi connectivity index (χ0v) is 10.6. The van der Waals surface area contributed by atoms with Crippen molar-refractivity contribution in [3.05, 3.63) is 0 Å². The average Bonchev–Trinajstić information content (AvgIpc) is 2.22. The molecule has 0 aromatic rings. The largest absolute Gasteiger partial charge is 0.198 e. The van der Waals surface area contributed by atoms with Crippen LogP contribution in [0.3, 0.4) is 0 Å². The van der Waals surface area contributed by atoms with Crippen LogP contribution in [0.2, 0.25) is 0 Å². The molecule has 4 aliphatic carbocycles. The fourth-order valence-electron chi connectivity index (χ4n) is 5.01. The molecule has 1 nitrogen and oxygen atoms in total. The van der Waals surface area contributed by atoms with Crippen molar-refractivity contribution in [3.8, 4) is 6.07 Å². The molecule has 0 heterocycles. The maximum atomic E-state index is 9.20. The summed E-state index contributed by atoms with van der Waals surface area (Å²) in [6.07, 6.45) is 8.62. The highest BCUT2D eigenvalue weighted by Gasteiger charge is 2.49. The Hall–Kier alpha value is -0.510. The summed E-state index contributed by atoms with van der Waals surface area (Å²) in [5, 5.41) is 9.20. The molecule has 0 saturated heterocycles. The van der Waals surface area contributed by atoms with Gasteiger partial charge in [-0.2, -0.15) is 5.26 Å². The molecule has 0 spiro atoms. The minimum Gasteiger partial charge on any atom is -0.198 e. The summed E-state index contributed by atoms with van der Waals surface area (Å²) in [6, 6.07) is 2.50. The van der Waals surface area contributed by atoms with Crippen molar-refractivity contribution in [2.45, 2.75) is 52.4 Å². The van der Waals surface area contributed by atoms with E-state index in [0.717, 1.165) is 36.0 Å². The Morgan fingerprint density at radius 1 is 1.00 bits per heavy atom. The van der Waals surface area contributed by atoms with E-state index in [-0.39, 0.29) is 5.41 Å². The highest BCUT2D eigenvalue weighted by atomic mass is 14.5. The van der Waals surface area contributed by atoms with Crippen LogP contribution in [0.5, 0.6) is 0 Å². The predicted octanol–water partition coefficient (Wildman–Crippen LogP) is 4.00. The first-order valence-electron chi connectivity index (χ1n) is 6.98. The van der Waals surface area contributed by atoms with Gasteiger partial charge in [-0.3, -0.25) is 0 Å². The molecule has 0 aromatic carbocycles. The first kappa shape index (κ1) is 10.6. The third-order valence-electron chi connectivity index (χ3n) is 5.47. The molecule has 4 fully saturated rings. The molecule has 0 N–H and O–H groups in total. The Kier molecular flexibility index (Phi) is 2.32. The van der Waals surface area contributed by atoms with E-state index in [1.807, 2.05) is 0 Å². The monoisotopic (exact) mass is 217 g/mol. The van der Waals surface area contributed by atoms with E-state index in [4.69, 9.17) is 0 Å². The number of nitriles is 1. The first-order chi connectivity index (χ1) is 7.57. The molecule has 88 valence electrons. The molecule has 0 amide bonds. The topological polar surface area (TPSA) is 23.8 Å². The van der Waals surface area contributed by atoms with E-state index in [1.54, 1.807) is 0 Å². The molecule has 4 rings (SSSR count). The number of rotatable bonds is 2. The van der Waals surface area contributed by atoms with Crippen LogP contribution in [-0.2, 0) is 0 Å². The van der Waals surface area contributed by atoms with Gasteiger partial charge in [-0.25, -0.2) is 0 Å². The molecule has 0 aliphatic heterocycles. The smallest absolute Gasteiger partial charge is 0.0684 e. The van der Waals surface area contributed by atoms with Gasteiger partial charge in [0.2, 0.25) is 0 Å². The van der Waals surface area contributed by atoms with E-state index in [0.29, 0.717) is 0 Å². The van der Waals surface area contributed by atoms with Gasteiger partial charge >= 0.3 is 0 Å². The zero-order valence-electron chi connectivity index (χ0n) is 10.6. The van der Waals surface area contributed by atoms with Crippen molar-refractivity contribution < 1.29 is 0 Å². The summed E-state index contributed by atoms with van der Waals surface area (Å²) in [7, 11) is 0. The van der Waals surface area contributed by atoms with Crippen molar-refractivity contribution >= 4 is 0 Å². The lowest BCUT2D eigenvalue weighted by Crippen LogP contribution is -2.46. The quantitative estimate of drug-likeness (QED) is 0.686. The van der Waals surface area contributed by atoms with Gasteiger partial charge in [-0.1, -0.05) is 0 Å². The Bertz CT molecular complexity index is 295. The van der Waals surface area contributed by atoms with Gasteiger partial charge in [-0.05, 0) is 82.0 Å². The van der Waals surface area contributed by atoms with Crippen molar-refractivity contribution in [2.24, 2.45) is 35.0 Å². The summed E-state index contributed by atoms with van der Waals surface area (Å²) in [4.78, 5) is 0. The van der Waals surface area contributed by atoms with Gasteiger partial charge in [0, 0.05) is 0 Å². The molecule has 4 saturated carbocycles. The summed E-state index contributed by atoms with van der Waals surface area (Å²) in [6.45, 7) is 4.25. The van der Waals surface area contributed by atoms with Crippen molar-refractivity contribution in [3.63, 3.8) is 0 Å². The first-order valence-corrected chi connectivity index (χ1v) is 6.98. The third kappa shape index (κ3) is 1.67. The maximum absolute atomic E-state index is 9.20. The Morgan fingerprint density at radius 2 is 1.50 bits per heavy atom. The Labute approximate surface area is 99.2 Å². The molecule has 0 atom stereocenters. The lowest BCUT2D eigenvalue weighted by atomic mass is 9.50. The summed E-state index contributed by atoms with van der Waals surface area (Å²) in [5.41, 5.74) is -0.0972. The van der Waals surface area contributed by atoms with Crippen LogP contribution in [-0.4, -0.2) is 0 Å². The van der Waals surface area contributed by atoms with E-state index < -0.39 is 0 Å². The molecular weight excluding hydrogens is 194 g/mol. The Balaban J connectivity index is 1.75. The minimum absolute atomic E-state index is 0.0972. The van der Waals surface area contributed by atoms with E-state index in [9.17, 15) is 5.26 Å². The summed E-state index contributed by atoms with van der Waals surface area (Å²) >= 11 is 0. The predicted molar refractivity (Wildman–Crippen MR) is 64.5 cm³/mol. The van der Waals surface area contributed by atoms with Crippen LogP contribution in [0.1, 0.15) is 52.4 Å². The molecule has 0 aromatic heterocycles. The standard InChI is InChI=1S/C15H23N/c1-15(2,9-16)8-14-12-4-10-3-11(6-12)7-13(14)5-10/h10-14H,3-8H2,1-2H3. The van der Waals surface area contributed by atoms with Crippen LogP contribution in [0.15, 0.2) is 0 Å². The van der Waals surface area contributed by atoms with Crippen LogP contribution in [0.25, 0.3) is 0 Å². The van der Waals surface area contributed by atoms with Gasteiger partial charge in [0.1, 0.15) is 0 Å². The molecular formula is C15H23N. The van der Waals surface area contributed by atoms with Gasteiger partial charge in [0.15, 0.2) is 0 Å². The van der Waals surface area contributed by atoms with Gasteiger partial charge in [-0.15, -0.1) is 0 Å². The molecule has 16 heavy (non-hydrogen) atoms. The Morgan fingerprint density at radius 3 is 1.94 bits per heavy atom. The van der Waals surface area contributed by atoms with Crippen molar-refractivity contribution in [1.29, 1.82) is 5.26 Å². The molecule has 4 bridgehead atoms. The highest BCUT2D eigenvalue weighted by Crippen LogP contribution is 2.58.